The molecule has 0 spiro atoms. The minimum absolute atomic E-state index is 0.00322. The van der Waals surface area contributed by atoms with E-state index in [9.17, 15) is 10.1 Å². The first-order chi connectivity index (χ1) is 15.4. The van der Waals surface area contributed by atoms with Gasteiger partial charge in [0.25, 0.3) is 5.91 Å². The molecule has 0 saturated heterocycles. The number of aromatic nitrogens is 1. The second-order valence-corrected chi connectivity index (χ2v) is 8.61. The summed E-state index contributed by atoms with van der Waals surface area (Å²) in [6.45, 7) is 5.99. The second-order valence-electron chi connectivity index (χ2n) is 7.58. The fourth-order valence-electron chi connectivity index (χ4n) is 3.24. The third-order valence-electron chi connectivity index (χ3n) is 5.28. The molecule has 6 heteroatoms. The highest BCUT2D eigenvalue weighted by molar-refractivity contribution is 7.21. The lowest BCUT2D eigenvalue weighted by atomic mass is 10.1. The molecule has 5 nitrogen and oxygen atoms in total. The molecule has 1 amide bonds. The van der Waals surface area contributed by atoms with Crippen molar-refractivity contribution in [2.75, 3.05) is 10.6 Å². The normalized spacial score (nSPS) is 11.2. The predicted octanol–water partition coefficient (Wildman–Crippen LogP) is 6.35. The number of benzene rings is 3. The zero-order valence-corrected chi connectivity index (χ0v) is 18.9. The highest BCUT2D eigenvalue weighted by atomic mass is 32.1. The Morgan fingerprint density at radius 3 is 2.59 bits per heavy atom. The molecule has 0 unspecified atom stereocenters. The monoisotopic (exact) mass is 438 g/mol. The zero-order valence-electron chi connectivity index (χ0n) is 18.1. The Kier molecular flexibility index (Phi) is 6.02. The molecular weight excluding hydrogens is 416 g/mol. The van der Waals surface area contributed by atoms with Gasteiger partial charge in [-0.2, -0.15) is 5.26 Å². The Bertz CT molecular complexity index is 1380. The third-order valence-corrected chi connectivity index (χ3v) is 6.34. The summed E-state index contributed by atoms with van der Waals surface area (Å²) in [6, 6.07) is 21.6. The number of aryl methyl sites for hydroxylation is 2. The van der Waals surface area contributed by atoms with Crippen molar-refractivity contribution in [3.8, 4) is 16.6 Å². The highest BCUT2D eigenvalue weighted by Gasteiger charge is 2.11. The average molecular weight is 439 g/mol. The SMILES string of the molecule is Cc1ccc2nc(-c3ccc(N/C=C(/C#N)C(=O)Nc4cccc(C)c4C)cc3)sc2c1. The molecule has 0 saturated carbocycles. The molecule has 1 heterocycles. The Hall–Kier alpha value is -3.95. The van der Waals surface area contributed by atoms with Crippen molar-refractivity contribution in [3.05, 3.63) is 89.1 Å². The van der Waals surface area contributed by atoms with Crippen LogP contribution in [0.1, 0.15) is 16.7 Å². The molecule has 32 heavy (non-hydrogen) atoms. The lowest BCUT2D eigenvalue weighted by Gasteiger charge is -2.10. The molecule has 2 N–H and O–H groups in total. The van der Waals surface area contributed by atoms with Gasteiger partial charge < -0.3 is 10.6 Å². The molecule has 0 bridgehead atoms. The van der Waals surface area contributed by atoms with Crippen molar-refractivity contribution >= 4 is 38.8 Å². The number of carbonyl (C=O) groups is 1. The average Bonchev–Trinajstić information content (AvgIpc) is 3.21. The summed E-state index contributed by atoms with van der Waals surface area (Å²) in [7, 11) is 0. The van der Waals surface area contributed by atoms with Gasteiger partial charge in [-0.15, -0.1) is 11.3 Å². The van der Waals surface area contributed by atoms with Gasteiger partial charge in [-0.1, -0.05) is 18.2 Å². The van der Waals surface area contributed by atoms with Crippen LogP contribution in [0.25, 0.3) is 20.8 Å². The lowest BCUT2D eigenvalue weighted by Crippen LogP contribution is -2.15. The molecule has 0 aliphatic carbocycles. The van der Waals surface area contributed by atoms with E-state index in [0.29, 0.717) is 5.69 Å². The standard InChI is InChI=1S/C26H22N4OS/c1-16-7-12-23-24(13-16)32-26(30-23)19-8-10-21(11-9-19)28-15-20(14-27)25(31)29-22-6-4-5-17(2)18(22)3/h4-13,15,28H,1-3H3,(H,29,31)/b20-15-. The maximum Gasteiger partial charge on any atom is 0.267 e. The van der Waals surface area contributed by atoms with Crippen LogP contribution in [-0.2, 0) is 4.79 Å². The van der Waals surface area contributed by atoms with Gasteiger partial charge in [-0.25, -0.2) is 4.98 Å². The first-order valence-corrected chi connectivity index (χ1v) is 11.0. The first-order valence-electron chi connectivity index (χ1n) is 10.2. The summed E-state index contributed by atoms with van der Waals surface area (Å²) in [5, 5.41) is 16.2. The molecule has 0 aliphatic rings. The van der Waals surface area contributed by atoms with Crippen LogP contribution in [0.4, 0.5) is 11.4 Å². The van der Waals surface area contributed by atoms with E-state index in [1.165, 1.54) is 16.5 Å². The summed E-state index contributed by atoms with van der Waals surface area (Å²) in [6.07, 6.45) is 1.43. The topological polar surface area (TPSA) is 77.8 Å². The summed E-state index contributed by atoms with van der Waals surface area (Å²) in [4.78, 5) is 17.2. The maximum atomic E-state index is 12.5. The van der Waals surface area contributed by atoms with Gasteiger partial charge in [-0.3, -0.25) is 4.79 Å². The van der Waals surface area contributed by atoms with Gasteiger partial charge in [-0.05, 0) is 79.9 Å². The molecule has 158 valence electrons. The first kappa shape index (κ1) is 21.3. The fraction of sp³-hybridized carbons (Fsp3) is 0.115. The largest absolute Gasteiger partial charge is 0.360 e. The van der Waals surface area contributed by atoms with E-state index < -0.39 is 5.91 Å². The van der Waals surface area contributed by atoms with Crippen LogP contribution in [0.15, 0.2) is 72.4 Å². The molecule has 4 aromatic rings. The van der Waals surface area contributed by atoms with E-state index in [0.717, 1.165) is 32.9 Å². The van der Waals surface area contributed by atoms with Crippen LogP contribution in [0.5, 0.6) is 0 Å². The second kappa shape index (κ2) is 9.04. The van der Waals surface area contributed by atoms with Crippen LogP contribution in [0.2, 0.25) is 0 Å². The van der Waals surface area contributed by atoms with E-state index in [1.807, 2.05) is 68.4 Å². The van der Waals surface area contributed by atoms with Crippen molar-refractivity contribution in [2.45, 2.75) is 20.8 Å². The minimum atomic E-state index is -0.449. The van der Waals surface area contributed by atoms with Gasteiger partial charge in [0, 0.05) is 23.1 Å². The number of nitrogens with zero attached hydrogens (tertiary/aromatic N) is 2. The van der Waals surface area contributed by atoms with Crippen LogP contribution in [-0.4, -0.2) is 10.9 Å². The van der Waals surface area contributed by atoms with Gasteiger partial charge in [0.15, 0.2) is 0 Å². The van der Waals surface area contributed by atoms with Crippen LogP contribution in [0.3, 0.4) is 0 Å². The van der Waals surface area contributed by atoms with Crippen molar-refractivity contribution in [1.29, 1.82) is 5.26 Å². The third kappa shape index (κ3) is 4.53. The number of thiazole rings is 1. The predicted molar refractivity (Wildman–Crippen MR) is 132 cm³/mol. The van der Waals surface area contributed by atoms with Crippen LogP contribution < -0.4 is 10.6 Å². The number of carbonyl (C=O) groups excluding carboxylic acids is 1. The molecule has 3 aromatic carbocycles. The van der Waals surface area contributed by atoms with E-state index in [4.69, 9.17) is 4.98 Å². The Labute approximate surface area is 191 Å². The van der Waals surface area contributed by atoms with Crippen molar-refractivity contribution < 1.29 is 4.79 Å². The number of nitriles is 1. The smallest absolute Gasteiger partial charge is 0.267 e. The summed E-state index contributed by atoms with van der Waals surface area (Å²) >= 11 is 1.66. The molecule has 0 radical (unpaired) electrons. The van der Waals surface area contributed by atoms with Crippen LogP contribution >= 0.6 is 11.3 Å². The molecule has 0 fully saturated rings. The van der Waals surface area contributed by atoms with Crippen molar-refractivity contribution in [2.24, 2.45) is 0 Å². The number of rotatable bonds is 5. The number of anilines is 2. The quantitative estimate of drug-likeness (QED) is 0.281. The molecular formula is C26H22N4OS. The van der Waals surface area contributed by atoms with Gasteiger partial charge >= 0.3 is 0 Å². The number of fused-ring (bicyclic) bond motifs is 1. The Morgan fingerprint density at radius 1 is 1.06 bits per heavy atom. The number of hydrogen-bond acceptors (Lipinski definition) is 5. The zero-order chi connectivity index (χ0) is 22.7. The Morgan fingerprint density at radius 2 is 1.84 bits per heavy atom. The summed E-state index contributed by atoms with van der Waals surface area (Å²) in [5.41, 5.74) is 6.76. The van der Waals surface area contributed by atoms with Crippen molar-refractivity contribution in [3.63, 3.8) is 0 Å². The van der Waals surface area contributed by atoms with Gasteiger partial charge in [0.1, 0.15) is 16.6 Å². The molecule has 1 aromatic heterocycles. The van der Waals surface area contributed by atoms with Gasteiger partial charge in [0.2, 0.25) is 0 Å². The summed E-state index contributed by atoms with van der Waals surface area (Å²) < 4.78 is 1.17. The van der Waals surface area contributed by atoms with E-state index in [2.05, 4.69) is 29.7 Å². The minimum Gasteiger partial charge on any atom is -0.360 e. The van der Waals surface area contributed by atoms with Gasteiger partial charge in [0.05, 0.1) is 10.2 Å². The molecule has 0 atom stereocenters. The van der Waals surface area contributed by atoms with Crippen molar-refractivity contribution in [1.82, 2.24) is 4.98 Å². The number of hydrogen-bond donors (Lipinski definition) is 2. The fourth-order valence-corrected chi connectivity index (χ4v) is 4.31. The maximum absolute atomic E-state index is 12.5. The highest BCUT2D eigenvalue weighted by Crippen LogP contribution is 2.31. The van der Waals surface area contributed by atoms with Crippen LogP contribution in [0, 0.1) is 32.1 Å². The van der Waals surface area contributed by atoms with E-state index >= 15 is 0 Å². The Balaban J connectivity index is 1.47. The number of nitrogens with one attached hydrogen (secondary N) is 2. The molecule has 4 rings (SSSR count). The van der Waals surface area contributed by atoms with E-state index in [-0.39, 0.29) is 5.57 Å². The molecule has 0 aliphatic heterocycles. The summed E-state index contributed by atoms with van der Waals surface area (Å²) in [5.74, 6) is -0.449. The lowest BCUT2D eigenvalue weighted by molar-refractivity contribution is -0.112. The van der Waals surface area contributed by atoms with E-state index in [1.54, 1.807) is 11.3 Å². The number of amides is 1.